The smallest absolute Gasteiger partial charge is 0.0753 e. The van der Waals surface area contributed by atoms with Crippen molar-refractivity contribution in [2.75, 3.05) is 32.8 Å². The van der Waals surface area contributed by atoms with Crippen LogP contribution in [0.2, 0.25) is 0 Å². The Bertz CT molecular complexity index is 216. The lowest BCUT2D eigenvalue weighted by Gasteiger charge is -2.41. The lowest BCUT2D eigenvalue weighted by molar-refractivity contribution is -0.0958. The van der Waals surface area contributed by atoms with Crippen LogP contribution in [-0.4, -0.2) is 49.3 Å². The van der Waals surface area contributed by atoms with Crippen molar-refractivity contribution in [1.82, 2.24) is 10.2 Å². The predicted molar refractivity (Wildman–Crippen MR) is 73.4 cm³/mol. The van der Waals surface area contributed by atoms with E-state index in [0.29, 0.717) is 6.04 Å². The molecule has 1 N–H and O–H groups in total. The van der Waals surface area contributed by atoms with E-state index in [1.165, 1.54) is 6.42 Å². The van der Waals surface area contributed by atoms with Gasteiger partial charge in [-0.1, -0.05) is 13.8 Å². The molecule has 0 aliphatic carbocycles. The molecular formula is C14H30N2O. The number of nitrogens with zero attached hydrogens (tertiary/aromatic N) is 1. The number of ether oxygens (including phenoxy) is 1. The molecule has 0 bridgehead atoms. The Balaban J connectivity index is 2.20. The number of hydrogen-bond donors (Lipinski definition) is 1. The van der Waals surface area contributed by atoms with Gasteiger partial charge in [-0.05, 0) is 46.2 Å². The van der Waals surface area contributed by atoms with Gasteiger partial charge in [0.25, 0.3) is 0 Å². The summed E-state index contributed by atoms with van der Waals surface area (Å²) in [5.74, 6) is 0.743. The Morgan fingerprint density at radius 3 is 2.59 bits per heavy atom. The number of hydrogen-bond acceptors (Lipinski definition) is 3. The highest BCUT2D eigenvalue weighted by atomic mass is 16.5. The van der Waals surface area contributed by atoms with E-state index < -0.39 is 0 Å². The Kier molecular flexibility index (Phi) is 5.90. The Morgan fingerprint density at radius 2 is 2.00 bits per heavy atom. The summed E-state index contributed by atoms with van der Waals surface area (Å²) >= 11 is 0. The van der Waals surface area contributed by atoms with Crippen LogP contribution in [0.15, 0.2) is 0 Å². The van der Waals surface area contributed by atoms with Gasteiger partial charge in [0.2, 0.25) is 0 Å². The fourth-order valence-electron chi connectivity index (χ4n) is 2.31. The number of morpholine rings is 1. The van der Waals surface area contributed by atoms with Gasteiger partial charge in [0, 0.05) is 19.1 Å². The second-order valence-electron chi connectivity index (χ2n) is 6.31. The second kappa shape index (κ2) is 6.72. The molecular weight excluding hydrogens is 212 g/mol. The minimum Gasteiger partial charge on any atom is -0.373 e. The highest BCUT2D eigenvalue weighted by Gasteiger charge is 2.29. The van der Waals surface area contributed by atoms with Crippen molar-refractivity contribution in [3.63, 3.8) is 0 Å². The minimum absolute atomic E-state index is 0.0257. The summed E-state index contributed by atoms with van der Waals surface area (Å²) in [5, 5.41) is 3.52. The monoisotopic (exact) mass is 242 g/mol. The summed E-state index contributed by atoms with van der Waals surface area (Å²) in [6.07, 6.45) is 1.23. The van der Waals surface area contributed by atoms with Crippen molar-refractivity contribution in [3.05, 3.63) is 0 Å². The zero-order valence-electron chi connectivity index (χ0n) is 12.3. The Labute approximate surface area is 107 Å². The van der Waals surface area contributed by atoms with E-state index in [2.05, 4.69) is 44.8 Å². The quantitative estimate of drug-likeness (QED) is 0.722. The van der Waals surface area contributed by atoms with E-state index in [-0.39, 0.29) is 5.60 Å². The molecule has 1 saturated heterocycles. The van der Waals surface area contributed by atoms with Gasteiger partial charge >= 0.3 is 0 Å². The number of rotatable bonds is 6. The standard InChI is InChI=1S/C14H30N2O/c1-12(2)10-15-7-6-13(3)16-8-9-17-14(4,5)11-16/h12-13,15H,6-11H2,1-5H3. The van der Waals surface area contributed by atoms with Gasteiger partial charge in [0.05, 0.1) is 12.2 Å². The van der Waals surface area contributed by atoms with E-state index in [1.54, 1.807) is 0 Å². The third-order valence-corrected chi connectivity index (χ3v) is 3.37. The predicted octanol–water partition coefficient (Wildman–Crippen LogP) is 2.12. The van der Waals surface area contributed by atoms with Crippen LogP contribution in [0.4, 0.5) is 0 Å². The molecule has 1 fully saturated rings. The maximum Gasteiger partial charge on any atom is 0.0753 e. The summed E-state index contributed by atoms with van der Waals surface area (Å²) in [6.45, 7) is 16.5. The van der Waals surface area contributed by atoms with Gasteiger partial charge in [-0.25, -0.2) is 0 Å². The zero-order valence-corrected chi connectivity index (χ0v) is 12.3. The summed E-state index contributed by atoms with van der Waals surface area (Å²) < 4.78 is 5.75. The number of nitrogens with one attached hydrogen (secondary N) is 1. The van der Waals surface area contributed by atoms with E-state index in [4.69, 9.17) is 4.74 Å². The van der Waals surface area contributed by atoms with Gasteiger partial charge in [-0.2, -0.15) is 0 Å². The molecule has 0 aromatic carbocycles. The lowest BCUT2D eigenvalue weighted by atomic mass is 10.0. The van der Waals surface area contributed by atoms with Crippen LogP contribution in [-0.2, 0) is 4.74 Å². The third kappa shape index (κ3) is 5.84. The van der Waals surface area contributed by atoms with Crippen LogP contribution >= 0.6 is 0 Å². The van der Waals surface area contributed by atoms with Crippen LogP contribution in [0.3, 0.4) is 0 Å². The first-order valence-electron chi connectivity index (χ1n) is 6.99. The van der Waals surface area contributed by atoms with Crippen LogP contribution in [0.1, 0.15) is 41.0 Å². The normalized spacial score (nSPS) is 22.9. The van der Waals surface area contributed by atoms with Crippen LogP contribution in [0, 0.1) is 5.92 Å². The van der Waals surface area contributed by atoms with Gasteiger partial charge in [-0.3, -0.25) is 4.90 Å². The molecule has 0 amide bonds. The molecule has 17 heavy (non-hydrogen) atoms. The fraction of sp³-hybridized carbons (Fsp3) is 1.00. The van der Waals surface area contributed by atoms with E-state index >= 15 is 0 Å². The van der Waals surface area contributed by atoms with E-state index in [9.17, 15) is 0 Å². The minimum atomic E-state index is 0.0257. The molecule has 1 heterocycles. The highest BCUT2D eigenvalue weighted by Crippen LogP contribution is 2.19. The molecule has 0 aromatic rings. The van der Waals surface area contributed by atoms with Crippen LogP contribution in [0.5, 0.6) is 0 Å². The van der Waals surface area contributed by atoms with Gasteiger partial charge < -0.3 is 10.1 Å². The molecule has 0 saturated carbocycles. The van der Waals surface area contributed by atoms with E-state index in [0.717, 1.165) is 38.7 Å². The molecule has 102 valence electrons. The summed E-state index contributed by atoms with van der Waals surface area (Å²) in [4.78, 5) is 2.56. The zero-order chi connectivity index (χ0) is 12.9. The average molecular weight is 242 g/mol. The van der Waals surface area contributed by atoms with Gasteiger partial charge in [-0.15, -0.1) is 0 Å². The third-order valence-electron chi connectivity index (χ3n) is 3.37. The topological polar surface area (TPSA) is 24.5 Å². The fourth-order valence-corrected chi connectivity index (χ4v) is 2.31. The molecule has 0 radical (unpaired) electrons. The van der Waals surface area contributed by atoms with Crippen molar-refractivity contribution in [2.45, 2.75) is 52.7 Å². The first kappa shape index (κ1) is 14.9. The molecule has 1 aliphatic rings. The molecule has 0 spiro atoms. The molecule has 3 heteroatoms. The van der Waals surface area contributed by atoms with Crippen LogP contribution < -0.4 is 5.32 Å². The van der Waals surface area contributed by atoms with Gasteiger partial charge in [0.15, 0.2) is 0 Å². The summed E-state index contributed by atoms with van der Waals surface area (Å²) in [7, 11) is 0. The molecule has 1 atom stereocenters. The second-order valence-corrected chi connectivity index (χ2v) is 6.31. The van der Waals surface area contributed by atoms with E-state index in [1.807, 2.05) is 0 Å². The summed E-state index contributed by atoms with van der Waals surface area (Å²) in [5.41, 5.74) is 0.0257. The van der Waals surface area contributed by atoms with Crippen LogP contribution in [0.25, 0.3) is 0 Å². The van der Waals surface area contributed by atoms with Crippen molar-refractivity contribution >= 4 is 0 Å². The van der Waals surface area contributed by atoms with Crippen molar-refractivity contribution in [1.29, 1.82) is 0 Å². The molecule has 1 unspecified atom stereocenters. The maximum absolute atomic E-state index is 5.75. The lowest BCUT2D eigenvalue weighted by Crippen LogP contribution is -2.51. The molecule has 1 aliphatic heterocycles. The van der Waals surface area contributed by atoms with Crippen molar-refractivity contribution < 1.29 is 4.74 Å². The highest BCUT2D eigenvalue weighted by molar-refractivity contribution is 4.82. The molecule has 3 nitrogen and oxygen atoms in total. The van der Waals surface area contributed by atoms with Crippen molar-refractivity contribution in [3.8, 4) is 0 Å². The molecule has 1 rings (SSSR count). The molecule has 0 aromatic heterocycles. The van der Waals surface area contributed by atoms with Crippen molar-refractivity contribution in [2.24, 2.45) is 5.92 Å². The average Bonchev–Trinajstić information content (AvgIpc) is 2.22. The Hall–Kier alpha value is -0.120. The first-order chi connectivity index (χ1) is 7.91. The largest absolute Gasteiger partial charge is 0.373 e. The van der Waals surface area contributed by atoms with Gasteiger partial charge in [0.1, 0.15) is 0 Å². The Morgan fingerprint density at radius 1 is 1.29 bits per heavy atom. The maximum atomic E-state index is 5.75. The first-order valence-corrected chi connectivity index (χ1v) is 6.99. The summed E-state index contributed by atoms with van der Waals surface area (Å²) in [6, 6.07) is 0.651. The SMILES string of the molecule is CC(C)CNCCC(C)N1CCOC(C)(C)C1.